The van der Waals surface area contributed by atoms with Gasteiger partial charge < -0.3 is 26.8 Å². The number of rotatable bonds is 15. The van der Waals surface area contributed by atoms with Crippen molar-refractivity contribution in [2.24, 2.45) is 5.73 Å². The summed E-state index contributed by atoms with van der Waals surface area (Å²) in [5.41, 5.74) is 8.57. The molecule has 9 nitrogen and oxygen atoms in total. The molecule has 0 radical (unpaired) electrons. The van der Waals surface area contributed by atoms with Crippen LogP contribution in [0.3, 0.4) is 0 Å². The summed E-state index contributed by atoms with van der Waals surface area (Å²) in [7, 11) is 0. The Hall–Kier alpha value is -4.93. The Morgan fingerprint density at radius 3 is 1.54 bits per heavy atom. The van der Waals surface area contributed by atoms with Crippen LogP contribution in [0.5, 0.6) is 0 Å². The van der Waals surface area contributed by atoms with E-state index in [2.05, 4.69) is 28.6 Å². The van der Waals surface area contributed by atoms with Crippen LogP contribution in [0.2, 0.25) is 0 Å². The van der Waals surface area contributed by atoms with Gasteiger partial charge in [-0.2, -0.15) is 12.6 Å². The molecule has 0 aliphatic rings. The molecule has 0 saturated heterocycles. The van der Waals surface area contributed by atoms with Gasteiger partial charge in [-0.3, -0.25) is 14.4 Å². The summed E-state index contributed by atoms with van der Waals surface area (Å²) in [6.45, 7) is 0. The third-order valence-corrected chi connectivity index (χ3v) is 8.04. The van der Waals surface area contributed by atoms with E-state index < -0.39 is 41.4 Å². The second-order valence-corrected chi connectivity index (χ2v) is 11.2. The predicted molar refractivity (Wildman–Crippen MR) is 180 cm³/mol. The maximum atomic E-state index is 13.7. The lowest BCUT2D eigenvalue weighted by Gasteiger charge is -2.37. The minimum Gasteiger partial charge on any atom is -0.480 e. The topological polar surface area (TPSA) is 151 Å². The minimum absolute atomic E-state index is 0.000181. The van der Waals surface area contributed by atoms with Gasteiger partial charge in [-0.15, -0.1) is 0 Å². The number of thiol groups is 1. The summed E-state index contributed by atoms with van der Waals surface area (Å²) in [6, 6.07) is 34.5. The van der Waals surface area contributed by atoms with Crippen molar-refractivity contribution in [1.82, 2.24) is 16.0 Å². The van der Waals surface area contributed by atoms with Gasteiger partial charge in [-0.25, -0.2) is 4.79 Å². The molecule has 0 fully saturated rings. The standard InChI is InChI=1S/C36H38N4O5S/c37-29(33(42)38-30(23-25-13-5-1-6-14-25)34(43)39-31(24-46)35(44)45)21-22-32(41)40-36(26-15-7-2-8-16-26,27-17-9-3-10-18-27)28-19-11-4-12-20-28/h1-20,29-31,46H,21-24,37H2,(H,38,42)(H,39,43)(H,40,41)(H,44,45)/t29-,30-,31-/m0/s1. The zero-order valence-electron chi connectivity index (χ0n) is 25.2. The molecule has 0 bridgehead atoms. The summed E-state index contributed by atoms with van der Waals surface area (Å²) >= 11 is 4.00. The molecule has 0 unspecified atom stereocenters. The Morgan fingerprint density at radius 2 is 1.11 bits per heavy atom. The number of hydrogen-bond acceptors (Lipinski definition) is 6. The van der Waals surface area contributed by atoms with E-state index in [0.29, 0.717) is 0 Å². The number of carboxylic acids is 1. The highest BCUT2D eigenvalue weighted by atomic mass is 32.1. The van der Waals surface area contributed by atoms with Crippen LogP contribution in [0, 0.1) is 0 Å². The normalized spacial score (nSPS) is 13.1. The van der Waals surface area contributed by atoms with Crippen molar-refractivity contribution in [3.63, 3.8) is 0 Å². The summed E-state index contributed by atoms with van der Waals surface area (Å²) < 4.78 is 0. The Labute approximate surface area is 274 Å². The molecule has 4 aromatic carbocycles. The molecule has 4 rings (SSSR count). The van der Waals surface area contributed by atoms with Crippen LogP contribution in [-0.2, 0) is 31.1 Å². The average molecular weight is 639 g/mol. The second kappa shape index (κ2) is 16.4. The van der Waals surface area contributed by atoms with Gasteiger partial charge in [0.25, 0.3) is 0 Å². The molecule has 10 heteroatoms. The molecule has 0 aliphatic carbocycles. The number of benzene rings is 4. The number of nitrogens with one attached hydrogen (secondary N) is 3. The molecule has 238 valence electrons. The number of hydrogen-bond donors (Lipinski definition) is 6. The summed E-state index contributed by atoms with van der Waals surface area (Å²) in [5.74, 6) is -3.01. The van der Waals surface area contributed by atoms with Gasteiger partial charge in [0, 0.05) is 18.6 Å². The van der Waals surface area contributed by atoms with E-state index in [9.17, 15) is 24.3 Å². The zero-order valence-corrected chi connectivity index (χ0v) is 26.1. The number of amides is 3. The van der Waals surface area contributed by atoms with E-state index in [0.717, 1.165) is 22.3 Å². The molecule has 0 saturated carbocycles. The third kappa shape index (κ3) is 8.62. The lowest BCUT2D eigenvalue weighted by atomic mass is 9.77. The largest absolute Gasteiger partial charge is 0.480 e. The van der Waals surface area contributed by atoms with E-state index in [-0.39, 0.29) is 30.9 Å². The SMILES string of the molecule is N[C@@H](CCC(=O)NC(c1ccccc1)(c1ccccc1)c1ccccc1)C(=O)N[C@@H](Cc1ccccc1)C(=O)N[C@@H](CS)C(=O)O. The maximum Gasteiger partial charge on any atom is 0.327 e. The fourth-order valence-electron chi connectivity index (χ4n) is 5.27. The van der Waals surface area contributed by atoms with E-state index in [1.807, 2.05) is 97.1 Å². The first kappa shape index (κ1) is 34.0. The first-order valence-corrected chi connectivity index (χ1v) is 15.6. The van der Waals surface area contributed by atoms with Crippen LogP contribution in [0.1, 0.15) is 35.1 Å². The fraction of sp³-hybridized carbons (Fsp3) is 0.222. The second-order valence-electron chi connectivity index (χ2n) is 10.9. The molecule has 3 amide bonds. The highest BCUT2D eigenvalue weighted by molar-refractivity contribution is 7.80. The summed E-state index contributed by atoms with van der Waals surface area (Å²) in [4.78, 5) is 51.5. The van der Waals surface area contributed by atoms with Crippen molar-refractivity contribution in [2.75, 3.05) is 5.75 Å². The molecule has 3 atom stereocenters. The molecular weight excluding hydrogens is 600 g/mol. The summed E-state index contributed by atoms with van der Waals surface area (Å²) in [5, 5.41) is 17.7. The monoisotopic (exact) mass is 638 g/mol. The third-order valence-electron chi connectivity index (χ3n) is 7.68. The van der Waals surface area contributed by atoms with Crippen LogP contribution in [0.25, 0.3) is 0 Å². The fourth-order valence-corrected chi connectivity index (χ4v) is 5.51. The number of aliphatic carboxylic acids is 1. The van der Waals surface area contributed by atoms with Crippen molar-refractivity contribution >= 4 is 36.3 Å². The lowest BCUT2D eigenvalue weighted by Crippen LogP contribution is -2.55. The number of carboxylic acid groups (broad SMARTS) is 1. The highest BCUT2D eigenvalue weighted by Gasteiger charge is 2.38. The van der Waals surface area contributed by atoms with Gasteiger partial charge in [0.2, 0.25) is 17.7 Å². The van der Waals surface area contributed by atoms with E-state index >= 15 is 0 Å². The molecule has 46 heavy (non-hydrogen) atoms. The van der Waals surface area contributed by atoms with E-state index in [1.165, 1.54) is 0 Å². The predicted octanol–water partition coefficient (Wildman–Crippen LogP) is 3.43. The summed E-state index contributed by atoms with van der Waals surface area (Å²) in [6.07, 6.45) is 0.0393. The molecule has 0 aromatic heterocycles. The highest BCUT2D eigenvalue weighted by Crippen LogP contribution is 2.36. The molecule has 0 heterocycles. The van der Waals surface area contributed by atoms with E-state index in [1.54, 1.807) is 24.3 Å². The smallest absolute Gasteiger partial charge is 0.327 e. The van der Waals surface area contributed by atoms with Crippen molar-refractivity contribution in [2.45, 2.75) is 42.9 Å². The van der Waals surface area contributed by atoms with Crippen molar-refractivity contribution < 1.29 is 24.3 Å². The van der Waals surface area contributed by atoms with Gasteiger partial charge in [0.1, 0.15) is 17.6 Å². The van der Waals surface area contributed by atoms with Crippen LogP contribution >= 0.6 is 12.6 Å². The van der Waals surface area contributed by atoms with Gasteiger partial charge >= 0.3 is 5.97 Å². The van der Waals surface area contributed by atoms with Crippen LogP contribution in [-0.4, -0.2) is 52.7 Å². The van der Waals surface area contributed by atoms with Crippen LogP contribution < -0.4 is 21.7 Å². The van der Waals surface area contributed by atoms with Crippen molar-refractivity contribution in [1.29, 1.82) is 0 Å². The number of carbonyl (C=O) groups is 4. The molecule has 0 spiro atoms. The van der Waals surface area contributed by atoms with Crippen molar-refractivity contribution in [3.05, 3.63) is 144 Å². The average Bonchev–Trinajstić information content (AvgIpc) is 3.09. The van der Waals surface area contributed by atoms with Crippen LogP contribution in [0.4, 0.5) is 0 Å². The molecule has 4 aromatic rings. The number of nitrogens with two attached hydrogens (primary N) is 1. The van der Waals surface area contributed by atoms with Gasteiger partial charge in [0.05, 0.1) is 6.04 Å². The van der Waals surface area contributed by atoms with Crippen LogP contribution in [0.15, 0.2) is 121 Å². The Bertz CT molecular complexity index is 1490. The Morgan fingerprint density at radius 1 is 0.674 bits per heavy atom. The molecule has 6 N–H and O–H groups in total. The van der Waals surface area contributed by atoms with Gasteiger partial charge in [-0.05, 0) is 28.7 Å². The first-order chi connectivity index (χ1) is 22.2. The van der Waals surface area contributed by atoms with Gasteiger partial charge in [0.15, 0.2) is 0 Å². The first-order valence-electron chi connectivity index (χ1n) is 15.0. The zero-order chi connectivity index (χ0) is 32.9. The lowest BCUT2D eigenvalue weighted by molar-refractivity contribution is -0.141. The Kier molecular flexibility index (Phi) is 12.1. The van der Waals surface area contributed by atoms with Gasteiger partial charge in [-0.1, -0.05) is 121 Å². The minimum atomic E-state index is -1.24. The van der Waals surface area contributed by atoms with Crippen molar-refractivity contribution in [3.8, 4) is 0 Å². The van der Waals surface area contributed by atoms with E-state index in [4.69, 9.17) is 5.73 Å². The maximum absolute atomic E-state index is 13.7. The quantitative estimate of drug-likeness (QED) is 0.0868. The molecular formula is C36H38N4O5S. The Balaban J connectivity index is 1.50. The number of carbonyl (C=O) groups excluding carboxylic acids is 3. The molecule has 0 aliphatic heterocycles.